The molecule has 0 fully saturated rings. The molecule has 5 nitrogen and oxygen atoms in total. The fourth-order valence-corrected chi connectivity index (χ4v) is 4.47. The Hall–Kier alpha value is -2.31. The second-order valence-corrected chi connectivity index (χ2v) is 7.52. The molecule has 2 aromatic carbocycles. The number of thioether (sulfide) groups is 1. The number of hydrogen-bond donors (Lipinski definition) is 2. The number of nitrogens with one attached hydrogen (secondary N) is 1. The zero-order chi connectivity index (χ0) is 19.2. The summed E-state index contributed by atoms with van der Waals surface area (Å²) in [6, 6.07) is 14.6. The first-order chi connectivity index (χ1) is 13.1. The van der Waals surface area contributed by atoms with Crippen LogP contribution in [0, 0.1) is 0 Å². The number of amides is 1. The molecule has 1 unspecified atom stereocenters. The van der Waals surface area contributed by atoms with Gasteiger partial charge in [0.05, 0.1) is 6.61 Å². The van der Waals surface area contributed by atoms with Gasteiger partial charge in [-0.1, -0.05) is 30.3 Å². The molecule has 1 aliphatic heterocycles. The Bertz CT molecular complexity index is 807. The molecule has 2 atom stereocenters. The van der Waals surface area contributed by atoms with Crippen molar-refractivity contribution in [2.45, 2.75) is 36.7 Å². The number of carbonyl (C=O) groups is 2. The van der Waals surface area contributed by atoms with E-state index >= 15 is 0 Å². The lowest BCUT2D eigenvalue weighted by molar-refractivity contribution is -0.145. The van der Waals surface area contributed by atoms with Crippen LogP contribution in [0.2, 0.25) is 0 Å². The molecule has 0 spiro atoms. The number of benzene rings is 2. The van der Waals surface area contributed by atoms with E-state index in [-0.39, 0.29) is 24.4 Å². The highest BCUT2D eigenvalue weighted by Gasteiger charge is 2.31. The lowest BCUT2D eigenvalue weighted by Crippen LogP contribution is -2.43. The summed E-state index contributed by atoms with van der Waals surface area (Å²) in [7, 11) is 0. The highest BCUT2D eigenvalue weighted by Crippen LogP contribution is 2.41. The minimum Gasteiger partial charge on any atom is -0.464 e. The molecule has 1 aliphatic rings. The van der Waals surface area contributed by atoms with E-state index in [0.717, 1.165) is 11.3 Å². The Morgan fingerprint density at radius 2 is 1.96 bits per heavy atom. The van der Waals surface area contributed by atoms with E-state index in [1.54, 1.807) is 30.8 Å². The van der Waals surface area contributed by atoms with E-state index in [0.29, 0.717) is 18.5 Å². The SMILES string of the molecule is CCOC(=O)[C@H](CC1CSc2ccccc21)NC(=O)c1ccc(CN)cc1. The van der Waals surface area contributed by atoms with Gasteiger partial charge in [0.15, 0.2) is 0 Å². The van der Waals surface area contributed by atoms with Crippen molar-refractivity contribution in [3.05, 3.63) is 65.2 Å². The maximum atomic E-state index is 12.6. The van der Waals surface area contributed by atoms with Crippen LogP contribution in [-0.4, -0.2) is 30.3 Å². The summed E-state index contributed by atoms with van der Waals surface area (Å²) in [5.74, 6) is 0.436. The molecule has 0 aliphatic carbocycles. The number of ether oxygens (including phenoxy) is 1. The van der Waals surface area contributed by atoms with E-state index in [1.165, 1.54) is 10.5 Å². The third-order valence-corrected chi connectivity index (χ3v) is 5.90. The van der Waals surface area contributed by atoms with Crippen molar-refractivity contribution in [2.24, 2.45) is 5.73 Å². The summed E-state index contributed by atoms with van der Waals surface area (Å²) in [6.45, 7) is 2.47. The molecule has 0 radical (unpaired) electrons. The first kappa shape index (κ1) is 19.5. The summed E-state index contributed by atoms with van der Waals surface area (Å²) < 4.78 is 5.20. The Labute approximate surface area is 163 Å². The maximum absolute atomic E-state index is 12.6. The Balaban J connectivity index is 1.73. The van der Waals surface area contributed by atoms with Crippen molar-refractivity contribution in [3.8, 4) is 0 Å². The summed E-state index contributed by atoms with van der Waals surface area (Å²) in [5, 5.41) is 2.86. The lowest BCUT2D eigenvalue weighted by Gasteiger charge is -2.21. The van der Waals surface area contributed by atoms with Crippen molar-refractivity contribution >= 4 is 23.6 Å². The fraction of sp³-hybridized carbons (Fsp3) is 0.333. The predicted molar refractivity (Wildman–Crippen MR) is 107 cm³/mol. The first-order valence-electron chi connectivity index (χ1n) is 9.10. The molecule has 0 saturated carbocycles. The van der Waals surface area contributed by atoms with Gasteiger partial charge in [-0.05, 0) is 48.6 Å². The highest BCUT2D eigenvalue weighted by molar-refractivity contribution is 7.99. The summed E-state index contributed by atoms with van der Waals surface area (Å²) in [4.78, 5) is 26.3. The second kappa shape index (κ2) is 9.06. The summed E-state index contributed by atoms with van der Waals surface area (Å²) in [5.41, 5.74) is 8.29. The van der Waals surface area contributed by atoms with Crippen LogP contribution in [0.25, 0.3) is 0 Å². The number of fused-ring (bicyclic) bond motifs is 1. The number of rotatable bonds is 7. The van der Waals surface area contributed by atoms with Crippen molar-refractivity contribution in [1.82, 2.24) is 5.32 Å². The van der Waals surface area contributed by atoms with Crippen LogP contribution in [0.5, 0.6) is 0 Å². The number of carbonyl (C=O) groups excluding carboxylic acids is 2. The molecule has 0 saturated heterocycles. The minimum absolute atomic E-state index is 0.209. The summed E-state index contributed by atoms with van der Waals surface area (Å²) in [6.07, 6.45) is 0.523. The molecular formula is C21H24N2O3S. The zero-order valence-corrected chi connectivity index (χ0v) is 16.1. The van der Waals surface area contributed by atoms with E-state index < -0.39 is 6.04 Å². The average Bonchev–Trinajstić information content (AvgIpc) is 3.10. The third kappa shape index (κ3) is 4.70. The smallest absolute Gasteiger partial charge is 0.328 e. The number of hydrogen-bond acceptors (Lipinski definition) is 5. The Kier molecular flexibility index (Phi) is 6.53. The molecule has 0 bridgehead atoms. The van der Waals surface area contributed by atoms with Crippen LogP contribution >= 0.6 is 11.8 Å². The van der Waals surface area contributed by atoms with Gasteiger partial charge in [0.1, 0.15) is 6.04 Å². The van der Waals surface area contributed by atoms with Gasteiger partial charge >= 0.3 is 5.97 Å². The topological polar surface area (TPSA) is 81.4 Å². The van der Waals surface area contributed by atoms with Gasteiger partial charge in [0, 0.05) is 22.8 Å². The molecule has 3 N–H and O–H groups in total. The Morgan fingerprint density at radius 3 is 2.67 bits per heavy atom. The van der Waals surface area contributed by atoms with Gasteiger partial charge < -0.3 is 15.8 Å². The van der Waals surface area contributed by atoms with Crippen molar-refractivity contribution in [1.29, 1.82) is 0 Å². The van der Waals surface area contributed by atoms with Crippen molar-refractivity contribution in [2.75, 3.05) is 12.4 Å². The van der Waals surface area contributed by atoms with Crippen LogP contribution < -0.4 is 11.1 Å². The molecule has 1 amide bonds. The maximum Gasteiger partial charge on any atom is 0.328 e. The second-order valence-electron chi connectivity index (χ2n) is 6.46. The minimum atomic E-state index is -0.677. The van der Waals surface area contributed by atoms with Crippen LogP contribution in [0.1, 0.15) is 40.7 Å². The first-order valence-corrected chi connectivity index (χ1v) is 10.1. The van der Waals surface area contributed by atoms with Crippen LogP contribution in [0.4, 0.5) is 0 Å². The van der Waals surface area contributed by atoms with Gasteiger partial charge in [-0.3, -0.25) is 4.79 Å². The zero-order valence-electron chi connectivity index (χ0n) is 15.3. The molecule has 3 rings (SSSR count). The lowest BCUT2D eigenvalue weighted by atomic mass is 9.93. The van der Waals surface area contributed by atoms with Crippen LogP contribution in [-0.2, 0) is 16.1 Å². The average molecular weight is 385 g/mol. The van der Waals surface area contributed by atoms with Gasteiger partial charge in [0.25, 0.3) is 5.91 Å². The predicted octanol–water partition coefficient (Wildman–Crippen LogP) is 3.09. The van der Waals surface area contributed by atoms with E-state index in [4.69, 9.17) is 10.5 Å². The van der Waals surface area contributed by atoms with Gasteiger partial charge in [-0.25, -0.2) is 4.79 Å². The number of nitrogens with two attached hydrogens (primary N) is 1. The normalized spacial score (nSPS) is 16.4. The molecule has 1 heterocycles. The quantitative estimate of drug-likeness (QED) is 0.717. The molecule has 2 aromatic rings. The third-order valence-electron chi connectivity index (χ3n) is 4.65. The molecular weight excluding hydrogens is 360 g/mol. The standard InChI is InChI=1S/C21H24N2O3S/c1-2-26-21(25)18(11-16-13-27-19-6-4-3-5-17(16)19)23-20(24)15-9-7-14(12-22)8-10-15/h3-10,16,18H,2,11-13,22H2,1H3,(H,23,24)/t16?,18-/m0/s1. The van der Waals surface area contributed by atoms with Gasteiger partial charge in [-0.2, -0.15) is 0 Å². The van der Waals surface area contributed by atoms with E-state index in [9.17, 15) is 9.59 Å². The molecule has 27 heavy (non-hydrogen) atoms. The van der Waals surface area contributed by atoms with Crippen LogP contribution in [0.15, 0.2) is 53.4 Å². The molecule has 6 heteroatoms. The van der Waals surface area contributed by atoms with Crippen LogP contribution in [0.3, 0.4) is 0 Å². The van der Waals surface area contributed by atoms with E-state index in [1.807, 2.05) is 24.3 Å². The number of esters is 1. The largest absolute Gasteiger partial charge is 0.464 e. The fourth-order valence-electron chi connectivity index (χ4n) is 3.20. The Morgan fingerprint density at radius 1 is 1.22 bits per heavy atom. The molecule has 142 valence electrons. The monoisotopic (exact) mass is 384 g/mol. The van der Waals surface area contributed by atoms with Crippen molar-refractivity contribution < 1.29 is 14.3 Å². The molecule has 0 aromatic heterocycles. The van der Waals surface area contributed by atoms with E-state index in [2.05, 4.69) is 17.4 Å². The van der Waals surface area contributed by atoms with Gasteiger partial charge in [0.2, 0.25) is 0 Å². The van der Waals surface area contributed by atoms with Gasteiger partial charge in [-0.15, -0.1) is 11.8 Å². The summed E-state index contributed by atoms with van der Waals surface area (Å²) >= 11 is 1.79. The van der Waals surface area contributed by atoms with Crippen molar-refractivity contribution in [3.63, 3.8) is 0 Å². The highest BCUT2D eigenvalue weighted by atomic mass is 32.2.